The van der Waals surface area contributed by atoms with Crippen molar-refractivity contribution >= 4 is 29.8 Å². The van der Waals surface area contributed by atoms with E-state index in [-0.39, 0.29) is 58.5 Å². The van der Waals surface area contributed by atoms with E-state index < -0.39 is 30.5 Å². The monoisotopic (exact) mass is 681 g/mol. The van der Waals surface area contributed by atoms with E-state index in [1.807, 2.05) is 14.0 Å². The summed E-state index contributed by atoms with van der Waals surface area (Å²) < 4.78 is 41.5. The molecule has 0 rings (SSSR count). The van der Waals surface area contributed by atoms with Crippen molar-refractivity contribution < 1.29 is 61.9 Å². The predicted molar refractivity (Wildman–Crippen MR) is 168 cm³/mol. The predicted octanol–water partition coefficient (Wildman–Crippen LogP) is -1.93. The van der Waals surface area contributed by atoms with Crippen LogP contribution < -0.4 is 21.3 Å². The van der Waals surface area contributed by atoms with Gasteiger partial charge in [-0.2, -0.15) is 0 Å². The molecule has 18 heteroatoms. The van der Waals surface area contributed by atoms with Gasteiger partial charge in [0.1, 0.15) is 26.4 Å². The first-order valence-corrected chi connectivity index (χ1v) is 15.8. The van der Waals surface area contributed by atoms with Gasteiger partial charge in [0.25, 0.3) is 0 Å². The lowest BCUT2D eigenvalue weighted by molar-refractivity contribution is -0.150. The summed E-state index contributed by atoms with van der Waals surface area (Å²) in [4.78, 5) is 60.2. The van der Waals surface area contributed by atoms with Gasteiger partial charge in [-0.25, -0.2) is 9.59 Å². The van der Waals surface area contributed by atoms with Crippen molar-refractivity contribution in [3.8, 4) is 0 Å². The molecule has 0 bridgehead atoms. The highest BCUT2D eigenvalue weighted by Crippen LogP contribution is 1.93. The van der Waals surface area contributed by atoms with E-state index in [0.29, 0.717) is 65.9 Å². The maximum atomic E-state index is 12.3. The fraction of sp³-hybridized carbons (Fsp3) is 0.828. The van der Waals surface area contributed by atoms with Gasteiger partial charge >= 0.3 is 18.0 Å². The molecule has 0 aliphatic carbocycles. The molecule has 0 saturated carbocycles. The van der Waals surface area contributed by atoms with Gasteiger partial charge in [-0.05, 0) is 13.5 Å². The molecular weight excluding hydrogens is 626 g/mol. The Morgan fingerprint density at radius 3 is 1.64 bits per heavy atom. The van der Waals surface area contributed by atoms with E-state index in [1.165, 1.54) is 6.92 Å². The number of carbonyl (C=O) groups is 5. The number of amides is 3. The first kappa shape index (κ1) is 43.9. The molecule has 0 heterocycles. The fourth-order valence-corrected chi connectivity index (χ4v) is 3.27. The first-order valence-electron chi connectivity index (χ1n) is 15.8. The molecule has 0 aliphatic heterocycles. The maximum Gasteiger partial charge on any atom is 0.407 e. The molecule has 274 valence electrons. The van der Waals surface area contributed by atoms with Crippen LogP contribution in [0.5, 0.6) is 0 Å². The van der Waals surface area contributed by atoms with Gasteiger partial charge in [0.05, 0.1) is 66.0 Å². The van der Waals surface area contributed by atoms with Crippen LogP contribution in [0.4, 0.5) is 4.79 Å². The van der Waals surface area contributed by atoms with Crippen LogP contribution in [-0.2, 0) is 57.1 Å². The van der Waals surface area contributed by atoms with E-state index in [4.69, 9.17) is 37.9 Å². The number of alkyl carbamates (subject to hydrolysis) is 1. The SMILES string of the molecule is CCCOC(=O)NCCOCCOCCNC(=O)COCC(=O)OCCN(CCOC(C)=O)CC(=O)NCCOCCOCCNC. The van der Waals surface area contributed by atoms with Crippen LogP contribution in [0.25, 0.3) is 0 Å². The van der Waals surface area contributed by atoms with Crippen LogP contribution in [0.2, 0.25) is 0 Å². The maximum absolute atomic E-state index is 12.3. The number of likely N-dealkylation sites (N-methyl/N-ethyl adjacent to an activating group) is 1. The van der Waals surface area contributed by atoms with E-state index in [0.717, 1.165) is 13.0 Å². The summed E-state index contributed by atoms with van der Waals surface area (Å²) in [7, 11) is 1.84. The number of nitrogens with one attached hydrogen (secondary N) is 4. The Morgan fingerprint density at radius 1 is 0.553 bits per heavy atom. The summed E-state index contributed by atoms with van der Waals surface area (Å²) in [6.07, 6.45) is 0.276. The summed E-state index contributed by atoms with van der Waals surface area (Å²) in [5, 5.41) is 10.9. The third-order valence-electron chi connectivity index (χ3n) is 5.53. The Hall–Kier alpha value is -3.13. The van der Waals surface area contributed by atoms with Crippen molar-refractivity contribution in [1.82, 2.24) is 26.2 Å². The Morgan fingerprint density at radius 2 is 1.09 bits per heavy atom. The topological polar surface area (TPSA) is 211 Å². The second-order valence-electron chi connectivity index (χ2n) is 9.65. The molecule has 4 N–H and O–H groups in total. The van der Waals surface area contributed by atoms with Gasteiger partial charge in [0.2, 0.25) is 11.8 Å². The summed E-state index contributed by atoms with van der Waals surface area (Å²) in [5.41, 5.74) is 0. The Labute approximate surface area is 277 Å². The molecule has 47 heavy (non-hydrogen) atoms. The van der Waals surface area contributed by atoms with Gasteiger partial charge < -0.3 is 59.2 Å². The highest BCUT2D eigenvalue weighted by atomic mass is 16.6. The molecule has 0 aromatic rings. The Balaban J connectivity index is 3.95. The minimum atomic E-state index is -0.675. The lowest BCUT2D eigenvalue weighted by atomic mass is 10.4. The number of carbonyl (C=O) groups excluding carboxylic acids is 5. The largest absolute Gasteiger partial charge is 0.465 e. The standard InChI is InChI=1S/C29H55N5O13/c1-4-11-47-29(39)33-8-15-43-21-20-42-14-7-32-27(37)23-44-24-28(38)46-17-10-34(9-16-45-25(2)35)22-26(36)31-6-13-41-19-18-40-12-5-30-3/h30H,4-24H2,1-3H3,(H,31,36)(H,32,37)(H,33,39). The van der Waals surface area contributed by atoms with Crippen molar-refractivity contribution in [2.75, 3.05) is 139 Å². The quantitative estimate of drug-likeness (QED) is 0.0346. The smallest absolute Gasteiger partial charge is 0.407 e. The summed E-state index contributed by atoms with van der Waals surface area (Å²) in [6, 6.07) is 0. The molecular formula is C29H55N5O13. The fourth-order valence-electron chi connectivity index (χ4n) is 3.27. The number of nitrogens with zero attached hydrogens (tertiary/aromatic N) is 1. The first-order chi connectivity index (χ1) is 22.8. The molecule has 3 amide bonds. The average Bonchev–Trinajstić information content (AvgIpc) is 3.03. The van der Waals surface area contributed by atoms with Crippen LogP contribution >= 0.6 is 0 Å². The Bertz CT molecular complexity index is 838. The summed E-state index contributed by atoms with van der Waals surface area (Å²) >= 11 is 0. The van der Waals surface area contributed by atoms with E-state index in [2.05, 4.69) is 21.3 Å². The van der Waals surface area contributed by atoms with Crippen LogP contribution in [-0.4, -0.2) is 173 Å². The zero-order valence-corrected chi connectivity index (χ0v) is 28.1. The third kappa shape index (κ3) is 32.6. The van der Waals surface area contributed by atoms with E-state index in [1.54, 1.807) is 4.90 Å². The molecule has 18 nitrogen and oxygen atoms in total. The van der Waals surface area contributed by atoms with Crippen LogP contribution in [0.15, 0.2) is 0 Å². The van der Waals surface area contributed by atoms with Gasteiger partial charge in [-0.3, -0.25) is 19.3 Å². The van der Waals surface area contributed by atoms with Gasteiger partial charge in [-0.15, -0.1) is 0 Å². The van der Waals surface area contributed by atoms with Gasteiger partial charge in [0, 0.05) is 46.2 Å². The van der Waals surface area contributed by atoms with Crippen molar-refractivity contribution in [3.63, 3.8) is 0 Å². The molecule has 0 fully saturated rings. The second-order valence-corrected chi connectivity index (χ2v) is 9.65. The number of rotatable bonds is 32. The zero-order valence-electron chi connectivity index (χ0n) is 28.1. The molecule has 0 atom stereocenters. The van der Waals surface area contributed by atoms with Crippen molar-refractivity contribution in [2.24, 2.45) is 0 Å². The van der Waals surface area contributed by atoms with Crippen LogP contribution in [0.1, 0.15) is 20.3 Å². The normalized spacial score (nSPS) is 10.8. The van der Waals surface area contributed by atoms with Gasteiger partial charge in [-0.1, -0.05) is 6.92 Å². The molecule has 0 spiro atoms. The van der Waals surface area contributed by atoms with Crippen molar-refractivity contribution in [2.45, 2.75) is 20.3 Å². The molecule has 0 saturated heterocycles. The van der Waals surface area contributed by atoms with Crippen LogP contribution in [0.3, 0.4) is 0 Å². The number of esters is 2. The molecule has 0 radical (unpaired) electrons. The molecule has 0 aromatic heterocycles. The third-order valence-corrected chi connectivity index (χ3v) is 5.53. The summed E-state index contributed by atoms with van der Waals surface area (Å²) in [6.45, 7) is 7.93. The Kier molecular flexibility index (Phi) is 30.6. The zero-order chi connectivity index (χ0) is 34.8. The lowest BCUT2D eigenvalue weighted by Gasteiger charge is -2.21. The number of ether oxygens (including phenoxy) is 8. The van der Waals surface area contributed by atoms with E-state index >= 15 is 0 Å². The van der Waals surface area contributed by atoms with Crippen LogP contribution in [0, 0.1) is 0 Å². The molecule has 0 aliphatic rings. The van der Waals surface area contributed by atoms with Gasteiger partial charge in [0.15, 0.2) is 0 Å². The lowest BCUT2D eigenvalue weighted by Crippen LogP contribution is -2.41. The number of hydrogen-bond donors (Lipinski definition) is 4. The second kappa shape index (κ2) is 32.8. The van der Waals surface area contributed by atoms with E-state index in [9.17, 15) is 24.0 Å². The minimum absolute atomic E-state index is 0.00593. The molecule has 0 aromatic carbocycles. The molecule has 0 unspecified atom stereocenters. The highest BCUT2D eigenvalue weighted by Gasteiger charge is 2.13. The number of hydrogen-bond acceptors (Lipinski definition) is 15. The average molecular weight is 682 g/mol. The van der Waals surface area contributed by atoms with Crippen molar-refractivity contribution in [1.29, 1.82) is 0 Å². The summed E-state index contributed by atoms with van der Waals surface area (Å²) in [5.74, 6) is -1.81. The minimum Gasteiger partial charge on any atom is -0.465 e. The highest BCUT2D eigenvalue weighted by molar-refractivity contribution is 5.78. The van der Waals surface area contributed by atoms with Crippen molar-refractivity contribution in [3.05, 3.63) is 0 Å².